The van der Waals surface area contributed by atoms with Gasteiger partial charge in [0.25, 0.3) is 0 Å². The number of aromatic nitrogens is 4. The highest BCUT2D eigenvalue weighted by Crippen LogP contribution is 2.29. The zero-order valence-electron chi connectivity index (χ0n) is 12.8. The molecule has 0 radical (unpaired) electrons. The van der Waals surface area contributed by atoms with Crippen molar-refractivity contribution in [1.29, 1.82) is 0 Å². The summed E-state index contributed by atoms with van der Waals surface area (Å²) >= 11 is 0. The van der Waals surface area contributed by atoms with Crippen LogP contribution in [0.5, 0.6) is 0 Å². The number of rotatable bonds is 3. The number of benzene rings is 1. The second-order valence-electron chi connectivity index (χ2n) is 6.00. The Kier molecular flexibility index (Phi) is 3.78. The topological polar surface area (TPSA) is 73.1 Å². The Bertz CT molecular complexity index is 687. The van der Waals surface area contributed by atoms with E-state index in [9.17, 15) is 4.79 Å². The van der Waals surface area contributed by atoms with Crippen molar-refractivity contribution >= 4 is 5.91 Å². The van der Waals surface area contributed by atoms with E-state index in [4.69, 9.17) is 4.74 Å². The minimum atomic E-state index is 0.0437. The first kappa shape index (κ1) is 14.3. The van der Waals surface area contributed by atoms with E-state index in [1.807, 2.05) is 35.2 Å². The summed E-state index contributed by atoms with van der Waals surface area (Å²) in [7, 11) is 0. The number of fused-ring (bicyclic) bond motifs is 1. The fraction of sp³-hybridized carbons (Fsp3) is 0.500. The number of carbonyl (C=O) groups excluding carboxylic acids is 1. The van der Waals surface area contributed by atoms with Crippen molar-refractivity contribution in [2.24, 2.45) is 0 Å². The molecule has 0 unspecified atom stereocenters. The molecule has 2 aromatic rings. The van der Waals surface area contributed by atoms with Crippen molar-refractivity contribution < 1.29 is 9.53 Å². The molecule has 2 aliphatic rings. The third kappa shape index (κ3) is 2.84. The molecule has 2 atom stereocenters. The molecule has 1 aliphatic carbocycles. The summed E-state index contributed by atoms with van der Waals surface area (Å²) in [5.41, 5.74) is 0.897. The Hall–Kier alpha value is -2.28. The number of hydrogen-bond donors (Lipinski definition) is 0. The molecule has 4 rings (SSSR count). The van der Waals surface area contributed by atoms with Gasteiger partial charge >= 0.3 is 0 Å². The van der Waals surface area contributed by atoms with E-state index >= 15 is 0 Å². The molecule has 2 fully saturated rings. The Morgan fingerprint density at radius 3 is 3.00 bits per heavy atom. The van der Waals surface area contributed by atoms with E-state index < -0.39 is 0 Å². The van der Waals surface area contributed by atoms with Gasteiger partial charge in [0.2, 0.25) is 11.7 Å². The molecule has 2 heterocycles. The average Bonchev–Trinajstić information content (AvgIpc) is 3.24. The van der Waals surface area contributed by atoms with Crippen molar-refractivity contribution in [3.8, 4) is 11.4 Å². The van der Waals surface area contributed by atoms with Crippen LogP contribution in [-0.2, 0) is 16.1 Å². The van der Waals surface area contributed by atoms with Crippen molar-refractivity contribution in [3.05, 3.63) is 30.3 Å². The van der Waals surface area contributed by atoms with E-state index in [1.165, 1.54) is 4.80 Å². The summed E-state index contributed by atoms with van der Waals surface area (Å²) in [4.78, 5) is 15.9. The SMILES string of the molecule is O=C(Cn1nnc(-c2ccccc2)n1)N1CCO[C@H]2CCC[C@@H]21. The normalized spacial score (nSPS) is 23.7. The Morgan fingerprint density at radius 1 is 1.26 bits per heavy atom. The maximum absolute atomic E-state index is 12.6. The minimum absolute atomic E-state index is 0.0437. The van der Waals surface area contributed by atoms with Gasteiger partial charge in [-0.3, -0.25) is 4.79 Å². The van der Waals surface area contributed by atoms with E-state index in [2.05, 4.69) is 15.4 Å². The van der Waals surface area contributed by atoms with Gasteiger partial charge in [0, 0.05) is 12.1 Å². The van der Waals surface area contributed by atoms with Crippen molar-refractivity contribution in [2.45, 2.75) is 38.0 Å². The molecule has 7 nitrogen and oxygen atoms in total. The van der Waals surface area contributed by atoms with Gasteiger partial charge in [0.05, 0.1) is 18.8 Å². The van der Waals surface area contributed by atoms with Crippen LogP contribution < -0.4 is 0 Å². The monoisotopic (exact) mass is 313 g/mol. The van der Waals surface area contributed by atoms with Gasteiger partial charge in [0.1, 0.15) is 6.54 Å². The maximum atomic E-state index is 12.6. The van der Waals surface area contributed by atoms with Crippen LogP contribution in [-0.4, -0.2) is 56.3 Å². The largest absolute Gasteiger partial charge is 0.374 e. The molecule has 1 saturated carbocycles. The van der Waals surface area contributed by atoms with Crippen LogP contribution in [0.3, 0.4) is 0 Å². The minimum Gasteiger partial charge on any atom is -0.374 e. The van der Waals surface area contributed by atoms with Crippen LogP contribution >= 0.6 is 0 Å². The third-order valence-corrected chi connectivity index (χ3v) is 4.56. The zero-order chi connectivity index (χ0) is 15.6. The molecule has 1 aromatic heterocycles. The fourth-order valence-corrected chi connectivity index (χ4v) is 3.46. The smallest absolute Gasteiger partial charge is 0.246 e. The average molecular weight is 313 g/mol. The highest BCUT2D eigenvalue weighted by atomic mass is 16.5. The first-order valence-corrected chi connectivity index (χ1v) is 8.05. The zero-order valence-corrected chi connectivity index (χ0v) is 12.8. The lowest BCUT2D eigenvalue weighted by atomic mass is 10.1. The highest BCUT2D eigenvalue weighted by molar-refractivity contribution is 5.76. The van der Waals surface area contributed by atoms with Gasteiger partial charge in [0.15, 0.2) is 0 Å². The maximum Gasteiger partial charge on any atom is 0.246 e. The van der Waals surface area contributed by atoms with Crippen LogP contribution in [0.15, 0.2) is 30.3 Å². The van der Waals surface area contributed by atoms with Crippen LogP contribution in [0.2, 0.25) is 0 Å². The van der Waals surface area contributed by atoms with E-state index in [0.29, 0.717) is 19.0 Å². The lowest BCUT2D eigenvalue weighted by Gasteiger charge is -2.37. The number of morpholine rings is 1. The number of nitrogens with zero attached hydrogens (tertiary/aromatic N) is 5. The number of ether oxygens (including phenoxy) is 1. The molecule has 1 aromatic carbocycles. The molecule has 23 heavy (non-hydrogen) atoms. The summed E-state index contributed by atoms with van der Waals surface area (Å²) in [6, 6.07) is 9.86. The highest BCUT2D eigenvalue weighted by Gasteiger charge is 2.38. The number of tetrazole rings is 1. The summed E-state index contributed by atoms with van der Waals surface area (Å²) in [5, 5.41) is 12.4. The predicted octanol–water partition coefficient (Wildman–Crippen LogP) is 1.12. The first-order valence-electron chi connectivity index (χ1n) is 8.05. The number of hydrogen-bond acceptors (Lipinski definition) is 5. The second-order valence-corrected chi connectivity index (χ2v) is 6.00. The second kappa shape index (κ2) is 6.08. The van der Waals surface area contributed by atoms with Gasteiger partial charge in [-0.2, -0.15) is 4.80 Å². The van der Waals surface area contributed by atoms with E-state index in [1.54, 1.807) is 0 Å². The summed E-state index contributed by atoms with van der Waals surface area (Å²) < 4.78 is 5.75. The summed E-state index contributed by atoms with van der Waals surface area (Å²) in [5.74, 6) is 0.585. The van der Waals surface area contributed by atoms with Crippen LogP contribution in [0.25, 0.3) is 11.4 Å². The van der Waals surface area contributed by atoms with Crippen molar-refractivity contribution in [1.82, 2.24) is 25.1 Å². The van der Waals surface area contributed by atoms with Gasteiger partial charge in [-0.15, -0.1) is 10.2 Å². The Balaban J connectivity index is 1.46. The Labute approximate surface area is 134 Å². The van der Waals surface area contributed by atoms with E-state index in [0.717, 1.165) is 24.8 Å². The first-order chi connectivity index (χ1) is 11.3. The quantitative estimate of drug-likeness (QED) is 0.849. The van der Waals surface area contributed by atoms with Crippen molar-refractivity contribution in [2.75, 3.05) is 13.2 Å². The lowest BCUT2D eigenvalue weighted by Crippen LogP contribution is -2.52. The van der Waals surface area contributed by atoms with Gasteiger partial charge in [-0.05, 0) is 24.5 Å². The van der Waals surface area contributed by atoms with Crippen LogP contribution in [0, 0.1) is 0 Å². The molecule has 0 bridgehead atoms. The lowest BCUT2D eigenvalue weighted by molar-refractivity contribution is -0.145. The summed E-state index contributed by atoms with van der Waals surface area (Å²) in [6.45, 7) is 1.40. The molecular weight excluding hydrogens is 294 g/mol. The van der Waals surface area contributed by atoms with Gasteiger partial charge in [-0.1, -0.05) is 30.3 Å². The molecule has 7 heteroatoms. The molecular formula is C16H19N5O2. The fourth-order valence-electron chi connectivity index (χ4n) is 3.46. The molecule has 1 amide bonds. The number of amides is 1. The van der Waals surface area contributed by atoms with Crippen molar-refractivity contribution in [3.63, 3.8) is 0 Å². The number of carbonyl (C=O) groups is 1. The van der Waals surface area contributed by atoms with E-state index in [-0.39, 0.29) is 24.6 Å². The Morgan fingerprint density at radius 2 is 2.13 bits per heavy atom. The van der Waals surface area contributed by atoms with Crippen LogP contribution in [0.4, 0.5) is 0 Å². The van der Waals surface area contributed by atoms with Crippen LogP contribution in [0.1, 0.15) is 19.3 Å². The molecule has 0 N–H and O–H groups in total. The van der Waals surface area contributed by atoms with Gasteiger partial charge < -0.3 is 9.64 Å². The summed E-state index contributed by atoms with van der Waals surface area (Å²) in [6.07, 6.45) is 3.40. The van der Waals surface area contributed by atoms with Gasteiger partial charge in [-0.25, -0.2) is 0 Å². The standard InChI is InChI=1S/C16H19N5O2/c22-15(20-9-10-23-14-8-4-7-13(14)20)11-21-18-16(17-19-21)12-5-2-1-3-6-12/h1-3,5-6,13-14H,4,7-11H2/t13-,14-/m0/s1. The predicted molar refractivity (Wildman–Crippen MR) is 82.3 cm³/mol. The molecule has 0 spiro atoms. The molecule has 120 valence electrons. The molecule has 1 saturated heterocycles. The molecule has 1 aliphatic heterocycles. The third-order valence-electron chi connectivity index (χ3n) is 4.56.